The Bertz CT molecular complexity index is 410. The summed E-state index contributed by atoms with van der Waals surface area (Å²) >= 11 is 0. The third-order valence-electron chi connectivity index (χ3n) is 7.24. The molecular weight excluding hydrogens is 462 g/mol. The summed E-state index contributed by atoms with van der Waals surface area (Å²) < 4.78 is 8.88. The molecule has 0 aromatic heterocycles. The molecule has 0 radical (unpaired) electrons. The maximum Gasteiger partial charge on any atom is 0.466 e. The molecule has 6 heteroatoms. The molecule has 0 aliphatic carbocycles. The van der Waals surface area contributed by atoms with Crippen molar-refractivity contribution in [3.05, 3.63) is 0 Å². The summed E-state index contributed by atoms with van der Waals surface area (Å²) in [5.41, 5.74) is 0. The molecule has 0 amide bonds. The van der Waals surface area contributed by atoms with E-state index in [9.17, 15) is 0 Å². The van der Waals surface area contributed by atoms with E-state index >= 15 is 0 Å². The Labute approximate surface area is 215 Å². The van der Waals surface area contributed by atoms with Crippen LogP contribution in [0.5, 0.6) is 0 Å². The van der Waals surface area contributed by atoms with Gasteiger partial charge in [0.25, 0.3) is 0 Å². The largest absolute Gasteiger partial charge is 0.466 e. The zero-order valence-electron chi connectivity index (χ0n) is 23.7. The van der Waals surface area contributed by atoms with Crippen LogP contribution in [0.25, 0.3) is 0 Å². The minimum atomic E-state index is -4.64. The van der Waals surface area contributed by atoms with Gasteiger partial charge in [-0.25, -0.2) is 4.57 Å². The predicted molar refractivity (Wildman–Crippen MR) is 157 cm³/mol. The van der Waals surface area contributed by atoms with Gasteiger partial charge in [0.1, 0.15) is 0 Å². The van der Waals surface area contributed by atoms with Crippen LogP contribution in [-0.2, 0) is 4.57 Å². The van der Waals surface area contributed by atoms with E-state index in [0.717, 1.165) is 0 Å². The molecule has 4 nitrogen and oxygen atoms in total. The number of phosphoric acid groups is 1. The zero-order valence-corrected chi connectivity index (χ0v) is 25.6. The summed E-state index contributed by atoms with van der Waals surface area (Å²) in [4.78, 5) is 21.6. The quantitative estimate of drug-likeness (QED) is 0.0864. The van der Waals surface area contributed by atoms with Gasteiger partial charge < -0.3 is 14.7 Å². The third kappa shape index (κ3) is 30.6. The van der Waals surface area contributed by atoms with Gasteiger partial charge in [-0.05, 0) is 0 Å². The summed E-state index contributed by atoms with van der Waals surface area (Å²) in [6.07, 6.45) is 36.2. The molecule has 0 fully saturated rings. The molecule has 0 bridgehead atoms. The average Bonchev–Trinajstić information content (AvgIpc) is 2.78. The maximum atomic E-state index is 8.88. The van der Waals surface area contributed by atoms with Gasteiger partial charge in [-0.1, -0.05) is 26.2 Å². The van der Waals surface area contributed by atoms with Gasteiger partial charge >= 0.3 is 170 Å². The summed E-state index contributed by atoms with van der Waals surface area (Å²) in [5.74, 6) is 0. The normalized spacial score (nSPS) is 12.4. The summed E-state index contributed by atoms with van der Waals surface area (Å²) in [5, 5.41) is 0. The minimum absolute atomic E-state index is 0.961. The molecule has 0 rings (SSSR count). The standard InChI is InChI=1S/C28H61P.H3O4P/c1-5-9-13-14-15-16-17-18-19-20-21-22-23-24-28-29(25-10-6-2,26-11-7-3)27-12-8-4;1-5(2,3)4/h29H,5-28H2,1-4H3;(H3,1,2,3,4). The van der Waals surface area contributed by atoms with E-state index < -0.39 is 15.1 Å². The molecule has 0 unspecified atom stereocenters. The Hall–Kier alpha value is 0.540. The van der Waals surface area contributed by atoms with Crippen LogP contribution in [0, 0.1) is 0 Å². The minimum Gasteiger partial charge on any atom is -0.303 e. The SMILES string of the molecule is CCCCCCCCCCCCCCCC[PH](CCCC)(CCCC)CCCC.O=P(O)(O)O. The molecule has 210 valence electrons. The van der Waals surface area contributed by atoms with E-state index in [1.54, 1.807) is 31.1 Å². The number of unbranched alkanes of at least 4 members (excludes halogenated alkanes) is 16. The van der Waals surface area contributed by atoms with E-state index in [1.165, 1.54) is 122 Å². The van der Waals surface area contributed by atoms with Crippen LogP contribution >= 0.6 is 15.1 Å². The Morgan fingerprint density at radius 2 is 0.618 bits per heavy atom. The number of hydrogen-bond donors (Lipinski definition) is 3. The fraction of sp³-hybridized carbons (Fsp3) is 1.00. The van der Waals surface area contributed by atoms with Crippen molar-refractivity contribution in [2.75, 3.05) is 24.6 Å². The molecule has 0 aliphatic heterocycles. The van der Waals surface area contributed by atoms with Crippen LogP contribution in [0.2, 0.25) is 0 Å². The fourth-order valence-electron chi connectivity index (χ4n) is 5.10. The van der Waals surface area contributed by atoms with Crippen molar-refractivity contribution in [2.45, 2.75) is 156 Å². The van der Waals surface area contributed by atoms with E-state index in [-0.39, 0.29) is 0 Å². The first-order chi connectivity index (χ1) is 16.2. The van der Waals surface area contributed by atoms with Crippen molar-refractivity contribution < 1.29 is 19.2 Å². The first kappa shape index (κ1) is 36.7. The van der Waals surface area contributed by atoms with Crippen molar-refractivity contribution in [2.24, 2.45) is 0 Å². The first-order valence-electron chi connectivity index (χ1n) is 15.0. The summed E-state index contributed by atoms with van der Waals surface area (Å²) in [6.45, 7) is 9.49. The topological polar surface area (TPSA) is 77.8 Å². The second-order valence-corrected chi connectivity index (χ2v) is 16.7. The van der Waals surface area contributed by atoms with Crippen molar-refractivity contribution in [3.8, 4) is 0 Å². The average molecular weight is 527 g/mol. The first-order valence-corrected chi connectivity index (χ1v) is 19.4. The molecule has 0 heterocycles. The Morgan fingerprint density at radius 1 is 0.412 bits per heavy atom. The molecule has 34 heavy (non-hydrogen) atoms. The van der Waals surface area contributed by atoms with Crippen molar-refractivity contribution >= 4 is 15.1 Å². The van der Waals surface area contributed by atoms with Crippen molar-refractivity contribution in [3.63, 3.8) is 0 Å². The van der Waals surface area contributed by atoms with Crippen LogP contribution in [-0.4, -0.2) is 39.3 Å². The number of hydrogen-bond acceptors (Lipinski definition) is 1. The van der Waals surface area contributed by atoms with Gasteiger partial charge in [-0.15, -0.1) is 0 Å². The molecule has 0 atom stereocenters. The van der Waals surface area contributed by atoms with Gasteiger partial charge in [0.15, 0.2) is 0 Å². The van der Waals surface area contributed by atoms with Crippen LogP contribution in [0.3, 0.4) is 0 Å². The van der Waals surface area contributed by atoms with E-state index in [0.29, 0.717) is 0 Å². The van der Waals surface area contributed by atoms with Gasteiger partial charge in [0.2, 0.25) is 0 Å². The van der Waals surface area contributed by atoms with Gasteiger partial charge in [0.05, 0.1) is 0 Å². The second kappa shape index (κ2) is 26.6. The monoisotopic (exact) mass is 526 g/mol. The fourth-order valence-corrected chi connectivity index (χ4v) is 10.9. The Balaban J connectivity index is 0. The predicted octanol–water partition coefficient (Wildman–Crippen LogP) is 9.69. The summed E-state index contributed by atoms with van der Waals surface area (Å²) in [6, 6.07) is 0. The van der Waals surface area contributed by atoms with Gasteiger partial charge in [-0.3, -0.25) is 0 Å². The molecular formula is C28H64O4P2. The number of rotatable bonds is 24. The van der Waals surface area contributed by atoms with Crippen LogP contribution in [0.15, 0.2) is 0 Å². The molecule has 3 N–H and O–H groups in total. The molecule has 0 aliphatic rings. The van der Waals surface area contributed by atoms with Crippen LogP contribution in [0.4, 0.5) is 0 Å². The smallest absolute Gasteiger partial charge is 0.303 e. The molecule has 0 aromatic carbocycles. The van der Waals surface area contributed by atoms with E-state index in [4.69, 9.17) is 19.2 Å². The van der Waals surface area contributed by atoms with E-state index in [2.05, 4.69) is 27.7 Å². The second-order valence-electron chi connectivity index (χ2n) is 10.7. The molecule has 0 spiro atoms. The van der Waals surface area contributed by atoms with Gasteiger partial charge in [-0.2, -0.15) is 0 Å². The van der Waals surface area contributed by atoms with E-state index in [1.807, 2.05) is 0 Å². The molecule has 0 saturated carbocycles. The van der Waals surface area contributed by atoms with Crippen molar-refractivity contribution in [1.29, 1.82) is 0 Å². The summed E-state index contributed by atoms with van der Waals surface area (Å²) in [7, 11) is -5.60. The van der Waals surface area contributed by atoms with Crippen LogP contribution in [0.1, 0.15) is 156 Å². The molecule has 0 saturated heterocycles. The third-order valence-corrected chi connectivity index (χ3v) is 12.9. The van der Waals surface area contributed by atoms with Gasteiger partial charge in [0, 0.05) is 0 Å². The Kier molecular flexibility index (Phi) is 28.7. The zero-order chi connectivity index (χ0) is 26.0. The maximum absolute atomic E-state index is 8.88. The van der Waals surface area contributed by atoms with Crippen molar-refractivity contribution in [1.82, 2.24) is 0 Å². The van der Waals surface area contributed by atoms with Crippen LogP contribution < -0.4 is 0 Å². The Morgan fingerprint density at radius 3 is 0.882 bits per heavy atom. The molecule has 0 aromatic rings.